The molecule has 0 aliphatic heterocycles. The van der Waals surface area contributed by atoms with E-state index in [0.29, 0.717) is 6.04 Å². The third-order valence-electron chi connectivity index (χ3n) is 3.11. The fourth-order valence-electron chi connectivity index (χ4n) is 2.04. The van der Waals surface area contributed by atoms with Gasteiger partial charge in [0.15, 0.2) is 0 Å². The van der Waals surface area contributed by atoms with Crippen molar-refractivity contribution in [3.63, 3.8) is 0 Å². The predicted octanol–water partition coefficient (Wildman–Crippen LogP) is 3.50. The van der Waals surface area contributed by atoms with Gasteiger partial charge in [0.1, 0.15) is 0 Å². The molecule has 2 nitrogen and oxygen atoms in total. The first-order valence-electron chi connectivity index (χ1n) is 6.04. The fourth-order valence-corrected chi connectivity index (χ4v) is 2.60. The second-order valence-corrected chi connectivity index (χ2v) is 5.61. The zero-order valence-corrected chi connectivity index (χ0v) is 12.8. The van der Waals surface area contributed by atoms with Gasteiger partial charge >= 0.3 is 0 Å². The van der Waals surface area contributed by atoms with E-state index in [1.54, 1.807) is 0 Å². The number of nitrogens with zero attached hydrogens (tertiary/aromatic N) is 1. The van der Waals surface area contributed by atoms with Crippen molar-refractivity contribution in [3.05, 3.63) is 63.0 Å². The molecule has 0 aliphatic carbocycles. The highest BCUT2D eigenvalue weighted by atomic mass is 127. The molecule has 1 aromatic carbocycles. The number of rotatable bonds is 4. The van der Waals surface area contributed by atoms with Crippen molar-refractivity contribution in [3.8, 4) is 0 Å². The highest BCUT2D eigenvalue weighted by Crippen LogP contribution is 2.20. The Morgan fingerprint density at radius 3 is 2.78 bits per heavy atom. The minimum atomic E-state index is 0.313. The van der Waals surface area contributed by atoms with Crippen molar-refractivity contribution in [2.75, 3.05) is 7.05 Å². The highest BCUT2D eigenvalue weighted by molar-refractivity contribution is 14.1. The topological polar surface area (TPSA) is 24.9 Å². The number of hydrogen-bond acceptors (Lipinski definition) is 2. The Hall–Kier alpha value is -0.940. The van der Waals surface area contributed by atoms with Crippen LogP contribution in [-0.2, 0) is 6.42 Å². The second kappa shape index (κ2) is 6.29. The molecule has 0 fully saturated rings. The Bertz CT molecular complexity index is 525. The van der Waals surface area contributed by atoms with Crippen LogP contribution in [0.15, 0.2) is 42.6 Å². The monoisotopic (exact) mass is 352 g/mol. The van der Waals surface area contributed by atoms with Crippen LogP contribution in [-0.4, -0.2) is 12.0 Å². The third-order valence-corrected chi connectivity index (χ3v) is 3.79. The number of hydrogen-bond donors (Lipinski definition) is 1. The Morgan fingerprint density at radius 2 is 2.11 bits per heavy atom. The van der Waals surface area contributed by atoms with E-state index in [0.717, 1.165) is 12.1 Å². The van der Waals surface area contributed by atoms with Gasteiger partial charge in [-0.2, -0.15) is 0 Å². The smallest absolute Gasteiger partial charge is 0.0451 e. The van der Waals surface area contributed by atoms with E-state index in [2.05, 4.69) is 70.1 Å². The summed E-state index contributed by atoms with van der Waals surface area (Å²) in [6, 6.07) is 13.0. The SMILES string of the molecule is CNC(Cc1ncccc1C)c1cccc(I)c1. The van der Waals surface area contributed by atoms with E-state index in [4.69, 9.17) is 0 Å². The van der Waals surface area contributed by atoms with Crippen LogP contribution in [0.3, 0.4) is 0 Å². The number of likely N-dealkylation sites (N-methyl/N-ethyl adjacent to an activating group) is 1. The molecular weight excluding hydrogens is 335 g/mol. The largest absolute Gasteiger partial charge is 0.313 e. The molecule has 0 amide bonds. The molecule has 3 heteroatoms. The van der Waals surface area contributed by atoms with Crippen LogP contribution in [0.4, 0.5) is 0 Å². The van der Waals surface area contributed by atoms with Crippen LogP contribution < -0.4 is 5.32 Å². The quantitative estimate of drug-likeness (QED) is 0.852. The summed E-state index contributed by atoms with van der Waals surface area (Å²) in [5, 5.41) is 3.38. The first-order chi connectivity index (χ1) is 8.70. The number of halogens is 1. The normalized spacial score (nSPS) is 12.4. The molecule has 0 saturated heterocycles. The summed E-state index contributed by atoms with van der Waals surface area (Å²) in [5.41, 5.74) is 3.73. The van der Waals surface area contributed by atoms with Gasteiger partial charge < -0.3 is 5.32 Å². The molecule has 1 atom stereocenters. The van der Waals surface area contributed by atoms with E-state index in [1.807, 2.05) is 19.3 Å². The van der Waals surface area contributed by atoms with Crippen molar-refractivity contribution in [1.82, 2.24) is 10.3 Å². The van der Waals surface area contributed by atoms with Crippen LogP contribution in [0.2, 0.25) is 0 Å². The van der Waals surface area contributed by atoms with Gasteiger partial charge in [-0.25, -0.2) is 0 Å². The minimum absolute atomic E-state index is 0.313. The maximum Gasteiger partial charge on any atom is 0.0451 e. The van der Waals surface area contributed by atoms with Gasteiger partial charge in [-0.15, -0.1) is 0 Å². The van der Waals surface area contributed by atoms with Gasteiger partial charge in [-0.3, -0.25) is 4.98 Å². The zero-order valence-electron chi connectivity index (χ0n) is 10.7. The molecule has 0 saturated carbocycles. The van der Waals surface area contributed by atoms with Crippen molar-refractivity contribution >= 4 is 22.6 Å². The van der Waals surface area contributed by atoms with Gasteiger partial charge in [0, 0.05) is 27.9 Å². The summed E-state index contributed by atoms with van der Waals surface area (Å²) in [4.78, 5) is 4.47. The van der Waals surface area contributed by atoms with Gasteiger partial charge in [-0.1, -0.05) is 18.2 Å². The summed E-state index contributed by atoms with van der Waals surface area (Å²) < 4.78 is 1.27. The fraction of sp³-hybridized carbons (Fsp3) is 0.267. The van der Waals surface area contributed by atoms with Gasteiger partial charge in [0.25, 0.3) is 0 Å². The van der Waals surface area contributed by atoms with E-state index >= 15 is 0 Å². The van der Waals surface area contributed by atoms with E-state index in [-0.39, 0.29) is 0 Å². The molecule has 2 rings (SSSR count). The van der Waals surface area contributed by atoms with E-state index in [1.165, 1.54) is 14.7 Å². The number of aromatic nitrogens is 1. The lowest BCUT2D eigenvalue weighted by Gasteiger charge is -2.17. The predicted molar refractivity (Wildman–Crippen MR) is 83.6 cm³/mol. The molecule has 2 aromatic rings. The Morgan fingerprint density at radius 1 is 1.28 bits per heavy atom. The van der Waals surface area contributed by atoms with Crippen LogP contribution in [0.1, 0.15) is 22.9 Å². The molecule has 18 heavy (non-hydrogen) atoms. The van der Waals surface area contributed by atoms with Crippen LogP contribution in [0, 0.1) is 10.5 Å². The molecule has 0 bridgehead atoms. The highest BCUT2D eigenvalue weighted by Gasteiger charge is 2.12. The molecule has 1 heterocycles. The van der Waals surface area contributed by atoms with Crippen LogP contribution >= 0.6 is 22.6 Å². The lowest BCUT2D eigenvalue weighted by atomic mass is 10.00. The summed E-state index contributed by atoms with van der Waals surface area (Å²) in [5.74, 6) is 0. The third kappa shape index (κ3) is 3.29. The average Bonchev–Trinajstić information content (AvgIpc) is 2.38. The molecule has 1 unspecified atom stereocenters. The summed E-state index contributed by atoms with van der Waals surface area (Å²) in [6.45, 7) is 2.11. The molecular formula is C15H17IN2. The lowest BCUT2D eigenvalue weighted by Crippen LogP contribution is -2.19. The summed E-state index contributed by atoms with van der Waals surface area (Å²) in [7, 11) is 2.00. The van der Waals surface area contributed by atoms with Crippen molar-refractivity contribution in [2.24, 2.45) is 0 Å². The molecule has 1 N–H and O–H groups in total. The molecule has 0 aliphatic rings. The zero-order chi connectivity index (χ0) is 13.0. The molecule has 0 spiro atoms. The number of pyridine rings is 1. The maximum absolute atomic E-state index is 4.47. The van der Waals surface area contributed by atoms with Crippen molar-refractivity contribution in [1.29, 1.82) is 0 Å². The minimum Gasteiger partial charge on any atom is -0.313 e. The maximum atomic E-state index is 4.47. The van der Waals surface area contributed by atoms with Crippen LogP contribution in [0.5, 0.6) is 0 Å². The van der Waals surface area contributed by atoms with Crippen molar-refractivity contribution in [2.45, 2.75) is 19.4 Å². The number of benzene rings is 1. The standard InChI is InChI=1S/C15H17IN2/c1-11-5-4-8-18-14(11)10-15(17-2)12-6-3-7-13(16)9-12/h3-9,15,17H,10H2,1-2H3. The first kappa shape index (κ1) is 13.5. The molecule has 1 aromatic heterocycles. The lowest BCUT2D eigenvalue weighted by molar-refractivity contribution is 0.582. The van der Waals surface area contributed by atoms with Gasteiger partial charge in [-0.05, 0) is 65.9 Å². The Balaban J connectivity index is 2.23. The second-order valence-electron chi connectivity index (χ2n) is 4.37. The molecule has 0 radical (unpaired) electrons. The number of aryl methyl sites for hydroxylation is 1. The van der Waals surface area contributed by atoms with Gasteiger partial charge in [0.2, 0.25) is 0 Å². The Labute approximate surface area is 122 Å². The molecule has 94 valence electrons. The average molecular weight is 352 g/mol. The Kier molecular flexibility index (Phi) is 4.72. The van der Waals surface area contributed by atoms with Crippen molar-refractivity contribution < 1.29 is 0 Å². The van der Waals surface area contributed by atoms with E-state index < -0.39 is 0 Å². The number of nitrogens with one attached hydrogen (secondary N) is 1. The van der Waals surface area contributed by atoms with Gasteiger partial charge in [0.05, 0.1) is 0 Å². The van der Waals surface area contributed by atoms with E-state index in [9.17, 15) is 0 Å². The first-order valence-corrected chi connectivity index (χ1v) is 7.12. The summed E-state index contributed by atoms with van der Waals surface area (Å²) in [6.07, 6.45) is 2.78. The summed E-state index contributed by atoms with van der Waals surface area (Å²) >= 11 is 2.35. The van der Waals surface area contributed by atoms with Crippen LogP contribution in [0.25, 0.3) is 0 Å².